The normalized spacial score (nSPS) is 10.7. The SMILES string of the molecule is CCCCOCCN[C](=[W])NCOCCCC. The second kappa shape index (κ2) is 14.5. The fraction of sp³-hybridized carbons (Fsp3) is 0.917. The summed E-state index contributed by atoms with van der Waals surface area (Å²) in [5, 5.41) is 6.50. The van der Waals surface area contributed by atoms with Gasteiger partial charge in [0.05, 0.1) is 0 Å². The molecule has 0 aliphatic rings. The van der Waals surface area contributed by atoms with Gasteiger partial charge >= 0.3 is 116 Å². The number of hydrogen-bond donors (Lipinski definition) is 2. The van der Waals surface area contributed by atoms with Gasteiger partial charge in [0.15, 0.2) is 0 Å². The van der Waals surface area contributed by atoms with E-state index in [-0.39, 0.29) is 0 Å². The van der Waals surface area contributed by atoms with E-state index in [0.717, 1.165) is 43.4 Å². The molecule has 0 saturated carbocycles. The summed E-state index contributed by atoms with van der Waals surface area (Å²) in [6.45, 7) is 8.29. The minimum absolute atomic E-state index is 0.600. The molecule has 0 radical (unpaired) electrons. The second-order valence-electron chi connectivity index (χ2n) is 3.80. The third-order valence-electron chi connectivity index (χ3n) is 2.15. The fourth-order valence-corrected chi connectivity index (χ4v) is 1.66. The maximum atomic E-state index is 5.46. The summed E-state index contributed by atoms with van der Waals surface area (Å²) >= 11 is 1.40. The van der Waals surface area contributed by atoms with Crippen LogP contribution >= 0.6 is 0 Å². The first-order chi connectivity index (χ1) is 8.31. The summed E-state index contributed by atoms with van der Waals surface area (Å²) in [4.78, 5) is 0. The molecule has 5 heteroatoms. The third kappa shape index (κ3) is 14.3. The topological polar surface area (TPSA) is 42.5 Å². The van der Waals surface area contributed by atoms with E-state index in [0.29, 0.717) is 6.73 Å². The van der Waals surface area contributed by atoms with Gasteiger partial charge in [-0.2, -0.15) is 0 Å². The fourth-order valence-electron chi connectivity index (χ4n) is 1.08. The van der Waals surface area contributed by atoms with E-state index in [1.54, 1.807) is 0 Å². The number of unbranched alkanes of at least 4 members (excludes halogenated alkanes) is 2. The van der Waals surface area contributed by atoms with E-state index in [1.807, 2.05) is 0 Å². The molecule has 102 valence electrons. The molecule has 0 aromatic carbocycles. The molecule has 0 bridgehead atoms. The van der Waals surface area contributed by atoms with Gasteiger partial charge in [0.1, 0.15) is 0 Å². The Morgan fingerprint density at radius 2 is 1.59 bits per heavy atom. The van der Waals surface area contributed by atoms with Crippen molar-refractivity contribution in [2.24, 2.45) is 0 Å². The first kappa shape index (κ1) is 17.4. The van der Waals surface area contributed by atoms with Gasteiger partial charge in [0.25, 0.3) is 0 Å². The molecule has 0 spiro atoms. The molecular formula is C12H26N2O2W. The molecule has 17 heavy (non-hydrogen) atoms. The molecule has 0 aliphatic carbocycles. The molecule has 0 heterocycles. The monoisotopic (exact) mass is 414 g/mol. The van der Waals surface area contributed by atoms with E-state index in [4.69, 9.17) is 9.47 Å². The zero-order chi connectivity index (χ0) is 12.8. The molecule has 0 unspecified atom stereocenters. The van der Waals surface area contributed by atoms with E-state index in [9.17, 15) is 0 Å². The van der Waals surface area contributed by atoms with Crippen LogP contribution in [0.3, 0.4) is 0 Å². The standard InChI is InChI=1S/C12H26N2O2.W/c1-3-5-8-15-10-7-13-11-14-12-16-9-6-4-2;/h13-14H,3-10,12H2,1-2H3;. The van der Waals surface area contributed by atoms with Crippen LogP contribution in [0.15, 0.2) is 0 Å². The summed E-state index contributed by atoms with van der Waals surface area (Å²) in [7, 11) is 0. The van der Waals surface area contributed by atoms with Crippen LogP contribution in [-0.4, -0.2) is 37.2 Å². The Morgan fingerprint density at radius 3 is 2.24 bits per heavy atom. The van der Waals surface area contributed by atoms with Crippen molar-refractivity contribution in [3.8, 4) is 0 Å². The Bertz CT molecular complexity index is 180. The number of hydrogen-bond acceptors (Lipinski definition) is 4. The predicted molar refractivity (Wildman–Crippen MR) is 67.6 cm³/mol. The summed E-state index contributed by atoms with van der Waals surface area (Å²) in [5.74, 6) is 0. The van der Waals surface area contributed by atoms with Crippen molar-refractivity contribution in [3.63, 3.8) is 0 Å². The van der Waals surface area contributed by atoms with E-state index < -0.39 is 0 Å². The van der Waals surface area contributed by atoms with Gasteiger partial charge in [-0.15, -0.1) is 0 Å². The Labute approximate surface area is 116 Å². The van der Waals surface area contributed by atoms with Crippen LogP contribution in [-0.2, 0) is 28.8 Å². The number of nitrogens with one attached hydrogen (secondary N) is 2. The van der Waals surface area contributed by atoms with Crippen LogP contribution in [0, 0.1) is 0 Å². The third-order valence-corrected chi connectivity index (χ3v) is 3.19. The van der Waals surface area contributed by atoms with Crippen molar-refractivity contribution in [2.45, 2.75) is 39.5 Å². The summed E-state index contributed by atoms with van der Waals surface area (Å²) in [6.07, 6.45) is 4.66. The number of ether oxygens (including phenoxy) is 2. The van der Waals surface area contributed by atoms with E-state index in [1.165, 1.54) is 32.2 Å². The van der Waals surface area contributed by atoms with E-state index >= 15 is 0 Å². The summed E-state index contributed by atoms with van der Waals surface area (Å²) in [6, 6.07) is 0. The Balaban J connectivity index is 3.12. The Morgan fingerprint density at radius 1 is 0.941 bits per heavy atom. The zero-order valence-electron chi connectivity index (χ0n) is 11.1. The van der Waals surface area contributed by atoms with Crippen LogP contribution < -0.4 is 10.6 Å². The average molecular weight is 414 g/mol. The van der Waals surface area contributed by atoms with Crippen molar-refractivity contribution in [2.75, 3.05) is 33.1 Å². The van der Waals surface area contributed by atoms with Crippen molar-refractivity contribution in [3.05, 3.63) is 0 Å². The molecule has 0 rings (SSSR count). The number of rotatable bonds is 13. The second-order valence-corrected chi connectivity index (χ2v) is 5.27. The van der Waals surface area contributed by atoms with Crippen molar-refractivity contribution in [1.82, 2.24) is 10.6 Å². The van der Waals surface area contributed by atoms with E-state index in [2.05, 4.69) is 24.5 Å². The molecule has 0 aliphatic heterocycles. The summed E-state index contributed by atoms with van der Waals surface area (Å²) in [5.41, 5.74) is 0. The van der Waals surface area contributed by atoms with Crippen LogP contribution in [0.5, 0.6) is 0 Å². The van der Waals surface area contributed by atoms with Gasteiger partial charge in [0, 0.05) is 0 Å². The van der Waals surface area contributed by atoms with Gasteiger partial charge in [-0.25, -0.2) is 0 Å². The molecule has 0 aromatic rings. The molecule has 0 saturated heterocycles. The first-order valence-corrected chi connectivity index (χ1v) is 7.95. The molecular weight excluding hydrogens is 388 g/mol. The van der Waals surface area contributed by atoms with Gasteiger partial charge in [-0.3, -0.25) is 0 Å². The average Bonchev–Trinajstić information content (AvgIpc) is 2.33. The van der Waals surface area contributed by atoms with Gasteiger partial charge < -0.3 is 0 Å². The van der Waals surface area contributed by atoms with Crippen LogP contribution in [0.2, 0.25) is 0 Å². The van der Waals surface area contributed by atoms with Crippen LogP contribution in [0.1, 0.15) is 39.5 Å². The first-order valence-electron chi connectivity index (χ1n) is 6.48. The molecule has 0 aromatic heterocycles. The molecule has 4 nitrogen and oxygen atoms in total. The van der Waals surface area contributed by atoms with Gasteiger partial charge in [-0.05, 0) is 0 Å². The quantitative estimate of drug-likeness (QED) is 0.353. The predicted octanol–water partition coefficient (Wildman–Crippen LogP) is 1.39. The Hall–Kier alpha value is 0.398. The van der Waals surface area contributed by atoms with Crippen molar-refractivity contribution in [1.29, 1.82) is 0 Å². The minimum atomic E-state index is 0.600. The Kier molecular flexibility index (Phi) is 14.8. The molecule has 2 N–H and O–H groups in total. The summed E-state index contributed by atoms with van der Waals surface area (Å²) < 4.78 is 12.0. The maximum absolute atomic E-state index is 5.46. The van der Waals surface area contributed by atoms with Gasteiger partial charge in [0.2, 0.25) is 0 Å². The van der Waals surface area contributed by atoms with Crippen molar-refractivity contribution < 1.29 is 28.8 Å². The van der Waals surface area contributed by atoms with Crippen LogP contribution in [0.25, 0.3) is 0 Å². The van der Waals surface area contributed by atoms with Crippen molar-refractivity contribution >= 4 is 4.15 Å². The molecule has 0 fully saturated rings. The molecule has 0 amide bonds. The van der Waals surface area contributed by atoms with Crippen LogP contribution in [0.4, 0.5) is 0 Å². The van der Waals surface area contributed by atoms with Gasteiger partial charge in [-0.1, -0.05) is 0 Å². The molecule has 0 atom stereocenters. The zero-order valence-corrected chi connectivity index (χ0v) is 14.0.